The quantitative estimate of drug-likeness (QED) is 0.413. The van der Waals surface area contributed by atoms with Gasteiger partial charge in [-0.15, -0.1) is 0 Å². The summed E-state index contributed by atoms with van der Waals surface area (Å²) in [6.07, 6.45) is 5.07. The van der Waals surface area contributed by atoms with Gasteiger partial charge < -0.3 is 19.4 Å². The number of hydrogen-bond acceptors (Lipinski definition) is 7. The summed E-state index contributed by atoms with van der Waals surface area (Å²) in [4.78, 5) is 46.5. The maximum atomic E-state index is 14.1. The average Bonchev–Trinajstić information content (AvgIpc) is 3.84. The van der Waals surface area contributed by atoms with Crippen LogP contribution in [0, 0.1) is 5.92 Å². The number of carbonyl (C=O) groups is 2. The van der Waals surface area contributed by atoms with Gasteiger partial charge in [0.2, 0.25) is 5.91 Å². The molecule has 2 aliphatic heterocycles. The van der Waals surface area contributed by atoms with Gasteiger partial charge in [-0.1, -0.05) is 48.5 Å². The summed E-state index contributed by atoms with van der Waals surface area (Å²) < 4.78 is 6.76. The van der Waals surface area contributed by atoms with Gasteiger partial charge in [-0.3, -0.25) is 14.4 Å². The van der Waals surface area contributed by atoms with Crippen molar-refractivity contribution in [2.75, 3.05) is 55.7 Å². The molecule has 0 radical (unpaired) electrons. The number of nitrogens with zero attached hydrogens (tertiary/aromatic N) is 5. The summed E-state index contributed by atoms with van der Waals surface area (Å²) in [5, 5.41) is 4.57. The number of rotatable bonds is 7. The van der Waals surface area contributed by atoms with Crippen molar-refractivity contribution in [2.24, 2.45) is 5.92 Å². The number of carbonyl (C=O) groups excluding carboxylic acids is 2. The zero-order valence-corrected chi connectivity index (χ0v) is 23.6. The lowest BCUT2D eigenvalue weighted by Crippen LogP contribution is -2.52. The third-order valence-electron chi connectivity index (χ3n) is 8.68. The third-order valence-corrected chi connectivity index (χ3v) is 8.68. The number of anilines is 2. The topological polar surface area (TPSA) is 88.0 Å². The summed E-state index contributed by atoms with van der Waals surface area (Å²) in [5.41, 5.74) is 2.50. The Morgan fingerprint density at radius 1 is 0.927 bits per heavy atom. The van der Waals surface area contributed by atoms with E-state index < -0.39 is 0 Å². The second kappa shape index (κ2) is 11.4. The molecule has 41 heavy (non-hydrogen) atoms. The molecule has 2 aromatic carbocycles. The molecule has 1 saturated carbocycles. The van der Waals surface area contributed by atoms with E-state index >= 15 is 0 Å². The van der Waals surface area contributed by atoms with E-state index in [-0.39, 0.29) is 28.8 Å². The van der Waals surface area contributed by atoms with Gasteiger partial charge >= 0.3 is 5.97 Å². The normalized spacial score (nSPS) is 20.0. The van der Waals surface area contributed by atoms with Crippen LogP contribution in [0.15, 0.2) is 71.7 Å². The summed E-state index contributed by atoms with van der Waals surface area (Å²) in [7, 11) is 0. The van der Waals surface area contributed by atoms with E-state index in [9.17, 15) is 14.4 Å². The molecule has 9 heteroatoms. The van der Waals surface area contributed by atoms with Crippen molar-refractivity contribution in [3.63, 3.8) is 0 Å². The number of hydrogen-bond donors (Lipinski definition) is 0. The van der Waals surface area contributed by atoms with Crippen molar-refractivity contribution < 1.29 is 14.3 Å². The Bertz CT molecular complexity index is 1450. The standard InChI is InChI=1S/C32H37N5O4/c1-2-41-30(39)24-10-9-17-36(23-24)28-27(22-33-37(29(28)38)26-13-7-4-8-14-26)34-18-20-35(21-19-34)31(40)32(15-16-32)25-11-5-3-6-12-25/h3-8,11-14,22,24H,2,9-10,15-21,23H2,1H3. The van der Waals surface area contributed by atoms with Crippen molar-refractivity contribution in [3.05, 3.63) is 82.8 Å². The summed E-state index contributed by atoms with van der Waals surface area (Å²) in [6.45, 7) is 5.63. The number of para-hydroxylation sites is 1. The number of aromatic nitrogens is 2. The highest BCUT2D eigenvalue weighted by Crippen LogP contribution is 2.49. The molecule has 3 aliphatic rings. The average molecular weight is 556 g/mol. The number of ether oxygens (including phenoxy) is 1. The number of amides is 1. The minimum absolute atomic E-state index is 0.203. The van der Waals surface area contributed by atoms with Crippen LogP contribution >= 0.6 is 0 Å². The lowest BCUT2D eigenvalue weighted by molar-refractivity contribution is -0.148. The minimum atomic E-state index is -0.387. The van der Waals surface area contributed by atoms with Gasteiger partial charge in [-0.05, 0) is 50.3 Å². The van der Waals surface area contributed by atoms with Gasteiger partial charge in [0.15, 0.2) is 0 Å². The Labute approximate surface area is 240 Å². The molecule has 1 aliphatic carbocycles. The first-order chi connectivity index (χ1) is 20.0. The number of esters is 1. The molecule has 3 aromatic rings. The summed E-state index contributed by atoms with van der Waals surface area (Å²) in [5.74, 6) is -0.290. The predicted octanol–water partition coefficient (Wildman–Crippen LogP) is 3.39. The third kappa shape index (κ3) is 5.21. The lowest BCUT2D eigenvalue weighted by Gasteiger charge is -2.40. The monoisotopic (exact) mass is 555 g/mol. The first-order valence-corrected chi connectivity index (χ1v) is 14.7. The van der Waals surface area contributed by atoms with Gasteiger partial charge in [0, 0.05) is 39.3 Å². The van der Waals surface area contributed by atoms with Crippen LogP contribution < -0.4 is 15.4 Å². The van der Waals surface area contributed by atoms with E-state index in [2.05, 4.69) is 22.1 Å². The summed E-state index contributed by atoms with van der Waals surface area (Å²) >= 11 is 0. The number of benzene rings is 2. The first-order valence-electron chi connectivity index (χ1n) is 14.7. The maximum absolute atomic E-state index is 14.1. The Balaban J connectivity index is 1.27. The van der Waals surface area contributed by atoms with Crippen LogP contribution in [0.5, 0.6) is 0 Å². The fourth-order valence-electron chi connectivity index (χ4n) is 6.31. The molecule has 2 saturated heterocycles. The number of piperidine rings is 1. The van der Waals surface area contributed by atoms with E-state index in [0.717, 1.165) is 36.9 Å². The predicted molar refractivity (Wildman–Crippen MR) is 158 cm³/mol. The van der Waals surface area contributed by atoms with Gasteiger partial charge in [0.05, 0.1) is 35.5 Å². The van der Waals surface area contributed by atoms with Gasteiger partial charge in [-0.25, -0.2) is 0 Å². The molecule has 3 fully saturated rings. The molecule has 214 valence electrons. The van der Waals surface area contributed by atoms with Gasteiger partial charge in [-0.2, -0.15) is 9.78 Å². The Morgan fingerprint density at radius 2 is 1.61 bits per heavy atom. The second-order valence-electron chi connectivity index (χ2n) is 11.2. The van der Waals surface area contributed by atoms with E-state index in [4.69, 9.17) is 4.74 Å². The Morgan fingerprint density at radius 3 is 2.27 bits per heavy atom. The van der Waals surface area contributed by atoms with Crippen LogP contribution in [0.4, 0.5) is 11.4 Å². The molecule has 1 atom stereocenters. The smallest absolute Gasteiger partial charge is 0.310 e. The van der Waals surface area contributed by atoms with Crippen LogP contribution in [-0.2, 0) is 19.7 Å². The Kier molecular flexibility index (Phi) is 7.51. The molecular weight excluding hydrogens is 518 g/mol. The van der Waals surface area contributed by atoms with Crippen molar-refractivity contribution >= 4 is 23.3 Å². The van der Waals surface area contributed by atoms with Crippen LogP contribution in [0.3, 0.4) is 0 Å². The van der Waals surface area contributed by atoms with Crippen molar-refractivity contribution in [1.82, 2.24) is 14.7 Å². The zero-order valence-electron chi connectivity index (χ0n) is 23.6. The fraction of sp³-hybridized carbons (Fsp3) is 0.438. The molecule has 0 spiro atoms. The van der Waals surface area contributed by atoms with Crippen LogP contribution in [0.2, 0.25) is 0 Å². The minimum Gasteiger partial charge on any atom is -0.466 e. The lowest BCUT2D eigenvalue weighted by atomic mass is 9.94. The van der Waals surface area contributed by atoms with Gasteiger partial charge in [0.25, 0.3) is 5.56 Å². The largest absolute Gasteiger partial charge is 0.466 e. The molecule has 1 amide bonds. The van der Waals surface area contributed by atoms with E-state index in [1.54, 1.807) is 6.20 Å². The maximum Gasteiger partial charge on any atom is 0.310 e. The van der Waals surface area contributed by atoms with Crippen LogP contribution in [0.25, 0.3) is 5.69 Å². The van der Waals surface area contributed by atoms with E-state index in [1.807, 2.05) is 65.3 Å². The van der Waals surface area contributed by atoms with Crippen LogP contribution in [0.1, 0.15) is 38.2 Å². The summed E-state index contributed by atoms with van der Waals surface area (Å²) in [6, 6.07) is 19.5. The molecule has 0 N–H and O–H groups in total. The highest BCUT2D eigenvalue weighted by molar-refractivity contribution is 5.91. The second-order valence-corrected chi connectivity index (χ2v) is 11.2. The molecule has 1 unspecified atom stereocenters. The van der Waals surface area contributed by atoms with Crippen LogP contribution in [-0.4, -0.2) is 72.4 Å². The highest BCUT2D eigenvalue weighted by atomic mass is 16.5. The number of piperazine rings is 1. The van der Waals surface area contributed by atoms with Gasteiger partial charge in [0.1, 0.15) is 5.69 Å². The molecule has 6 rings (SSSR count). The fourth-order valence-corrected chi connectivity index (χ4v) is 6.31. The molecule has 0 bridgehead atoms. The molecule has 1 aromatic heterocycles. The molecule has 9 nitrogen and oxygen atoms in total. The van der Waals surface area contributed by atoms with Crippen molar-refractivity contribution in [1.29, 1.82) is 0 Å². The van der Waals surface area contributed by atoms with Crippen molar-refractivity contribution in [2.45, 2.75) is 38.0 Å². The first kappa shape index (κ1) is 27.1. The molecular formula is C32H37N5O4. The SMILES string of the molecule is CCOC(=O)C1CCCN(c2c(N3CCN(C(=O)C4(c5ccccc5)CC4)CC3)cnn(-c3ccccc3)c2=O)C1. The highest BCUT2D eigenvalue weighted by Gasteiger charge is 2.53. The molecule has 3 heterocycles. The van der Waals surface area contributed by atoms with Crippen molar-refractivity contribution in [3.8, 4) is 5.69 Å². The van der Waals surface area contributed by atoms with E-state index in [1.165, 1.54) is 4.68 Å². The Hall–Kier alpha value is -4.14. The zero-order chi connectivity index (χ0) is 28.4. The van der Waals surface area contributed by atoms with E-state index in [0.29, 0.717) is 57.3 Å².